The van der Waals surface area contributed by atoms with Gasteiger partial charge in [0.2, 0.25) is 11.8 Å². The van der Waals surface area contributed by atoms with Crippen molar-refractivity contribution >= 4 is 11.8 Å². The SMILES string of the molecule is CC(Cn1ccnc1)NC(=O)C1CC(=O)N(C)C1. The number of aromatic nitrogens is 2. The van der Waals surface area contributed by atoms with E-state index in [0.29, 0.717) is 19.5 Å². The minimum Gasteiger partial charge on any atom is -0.352 e. The van der Waals surface area contributed by atoms with Gasteiger partial charge in [-0.25, -0.2) is 4.98 Å². The molecule has 2 heterocycles. The van der Waals surface area contributed by atoms with Crippen LogP contribution in [0.2, 0.25) is 0 Å². The second kappa shape index (κ2) is 5.20. The fourth-order valence-corrected chi connectivity index (χ4v) is 2.16. The second-order valence-electron chi connectivity index (χ2n) is 4.84. The van der Waals surface area contributed by atoms with Gasteiger partial charge in [-0.2, -0.15) is 0 Å². The number of rotatable bonds is 4. The minimum atomic E-state index is -0.215. The van der Waals surface area contributed by atoms with Crippen molar-refractivity contribution in [3.8, 4) is 0 Å². The van der Waals surface area contributed by atoms with Crippen LogP contribution in [-0.4, -0.2) is 45.9 Å². The Morgan fingerprint density at radius 3 is 3.00 bits per heavy atom. The monoisotopic (exact) mass is 250 g/mol. The molecule has 6 heteroatoms. The van der Waals surface area contributed by atoms with Crippen LogP contribution in [0.15, 0.2) is 18.7 Å². The summed E-state index contributed by atoms with van der Waals surface area (Å²) in [5, 5.41) is 2.93. The van der Waals surface area contributed by atoms with E-state index in [0.717, 1.165) is 0 Å². The van der Waals surface area contributed by atoms with E-state index in [2.05, 4.69) is 10.3 Å². The molecular weight excluding hydrogens is 232 g/mol. The Morgan fingerprint density at radius 1 is 1.67 bits per heavy atom. The zero-order valence-corrected chi connectivity index (χ0v) is 10.7. The summed E-state index contributed by atoms with van der Waals surface area (Å²) >= 11 is 0. The van der Waals surface area contributed by atoms with Crippen molar-refractivity contribution < 1.29 is 9.59 Å². The van der Waals surface area contributed by atoms with E-state index < -0.39 is 0 Å². The van der Waals surface area contributed by atoms with E-state index in [1.165, 1.54) is 0 Å². The average molecular weight is 250 g/mol. The summed E-state index contributed by atoms with van der Waals surface area (Å²) in [6, 6.07) is 0.0210. The van der Waals surface area contributed by atoms with Crippen LogP contribution < -0.4 is 5.32 Å². The highest BCUT2D eigenvalue weighted by Crippen LogP contribution is 2.16. The first-order chi connectivity index (χ1) is 8.56. The Hall–Kier alpha value is -1.85. The molecule has 0 spiro atoms. The van der Waals surface area contributed by atoms with Crippen LogP contribution in [0.3, 0.4) is 0 Å². The van der Waals surface area contributed by atoms with Gasteiger partial charge in [0, 0.05) is 45.0 Å². The van der Waals surface area contributed by atoms with E-state index in [1.54, 1.807) is 24.5 Å². The van der Waals surface area contributed by atoms with E-state index in [4.69, 9.17) is 0 Å². The van der Waals surface area contributed by atoms with Crippen LogP contribution in [-0.2, 0) is 16.1 Å². The van der Waals surface area contributed by atoms with Crippen LogP contribution >= 0.6 is 0 Å². The number of likely N-dealkylation sites (tertiary alicyclic amines) is 1. The predicted molar refractivity (Wildman–Crippen MR) is 65.6 cm³/mol. The van der Waals surface area contributed by atoms with Crippen molar-refractivity contribution in [2.45, 2.75) is 25.9 Å². The number of nitrogens with one attached hydrogen (secondary N) is 1. The lowest BCUT2D eigenvalue weighted by atomic mass is 10.1. The standard InChI is InChI=1S/C12H18N4O2/c1-9(6-16-4-3-13-8-16)14-12(18)10-5-11(17)15(2)7-10/h3-4,8-10H,5-7H2,1-2H3,(H,14,18). The zero-order chi connectivity index (χ0) is 13.1. The maximum absolute atomic E-state index is 12.0. The van der Waals surface area contributed by atoms with E-state index >= 15 is 0 Å². The minimum absolute atomic E-state index is 0.0210. The number of hydrogen-bond acceptors (Lipinski definition) is 3. The molecule has 98 valence electrons. The molecule has 0 saturated carbocycles. The normalized spacial score (nSPS) is 21.1. The molecule has 2 unspecified atom stereocenters. The summed E-state index contributed by atoms with van der Waals surface area (Å²) in [6.07, 6.45) is 5.60. The summed E-state index contributed by atoms with van der Waals surface area (Å²) in [4.78, 5) is 28.9. The number of imidazole rings is 1. The molecule has 1 aliphatic heterocycles. The fourth-order valence-electron chi connectivity index (χ4n) is 2.16. The van der Waals surface area contributed by atoms with Crippen LogP contribution in [0.4, 0.5) is 0 Å². The van der Waals surface area contributed by atoms with Crippen molar-refractivity contribution in [2.24, 2.45) is 5.92 Å². The molecule has 1 aromatic heterocycles. The number of amides is 2. The molecule has 0 aliphatic carbocycles. The first kappa shape index (κ1) is 12.6. The van der Waals surface area contributed by atoms with Crippen LogP contribution in [0.5, 0.6) is 0 Å². The summed E-state index contributed by atoms with van der Waals surface area (Å²) in [5.74, 6) is -0.217. The molecule has 0 aromatic carbocycles. The topological polar surface area (TPSA) is 67.2 Å². The summed E-state index contributed by atoms with van der Waals surface area (Å²) in [7, 11) is 1.73. The first-order valence-corrected chi connectivity index (χ1v) is 6.06. The van der Waals surface area contributed by atoms with Crippen LogP contribution in [0.25, 0.3) is 0 Å². The van der Waals surface area contributed by atoms with Crippen molar-refractivity contribution in [1.29, 1.82) is 0 Å². The number of carbonyl (C=O) groups is 2. The van der Waals surface area contributed by atoms with Gasteiger partial charge in [0.1, 0.15) is 0 Å². The smallest absolute Gasteiger partial charge is 0.225 e. The van der Waals surface area contributed by atoms with Gasteiger partial charge in [0.05, 0.1) is 12.2 Å². The molecular formula is C12H18N4O2. The molecule has 2 amide bonds. The van der Waals surface area contributed by atoms with Gasteiger partial charge in [0.25, 0.3) is 0 Å². The summed E-state index contributed by atoms with van der Waals surface area (Å²) in [5.41, 5.74) is 0. The molecule has 1 aromatic rings. The number of nitrogens with zero attached hydrogens (tertiary/aromatic N) is 3. The van der Waals surface area contributed by atoms with Crippen molar-refractivity contribution in [1.82, 2.24) is 19.8 Å². The van der Waals surface area contributed by atoms with Crippen LogP contribution in [0, 0.1) is 5.92 Å². The third-order valence-corrected chi connectivity index (χ3v) is 3.14. The molecule has 0 radical (unpaired) electrons. The molecule has 2 rings (SSSR count). The quantitative estimate of drug-likeness (QED) is 0.809. The Labute approximate surface area is 106 Å². The van der Waals surface area contributed by atoms with E-state index in [-0.39, 0.29) is 23.8 Å². The molecule has 0 bridgehead atoms. The Morgan fingerprint density at radius 2 is 2.44 bits per heavy atom. The van der Waals surface area contributed by atoms with Gasteiger partial charge < -0.3 is 14.8 Å². The third-order valence-electron chi connectivity index (χ3n) is 3.14. The molecule has 1 aliphatic rings. The van der Waals surface area contributed by atoms with Crippen molar-refractivity contribution in [3.63, 3.8) is 0 Å². The second-order valence-corrected chi connectivity index (χ2v) is 4.84. The summed E-state index contributed by atoms with van der Waals surface area (Å²) < 4.78 is 1.91. The summed E-state index contributed by atoms with van der Waals surface area (Å²) in [6.45, 7) is 3.14. The molecule has 1 saturated heterocycles. The lowest BCUT2D eigenvalue weighted by molar-refractivity contribution is -0.128. The van der Waals surface area contributed by atoms with Gasteiger partial charge in [0.15, 0.2) is 0 Å². The highest BCUT2D eigenvalue weighted by atomic mass is 16.2. The Bertz CT molecular complexity index is 429. The predicted octanol–water partition coefficient (Wildman–Crippen LogP) is -0.134. The van der Waals surface area contributed by atoms with E-state index in [1.807, 2.05) is 17.7 Å². The number of hydrogen-bond donors (Lipinski definition) is 1. The zero-order valence-electron chi connectivity index (χ0n) is 10.7. The van der Waals surface area contributed by atoms with Gasteiger partial charge in [-0.15, -0.1) is 0 Å². The van der Waals surface area contributed by atoms with Gasteiger partial charge in [-0.3, -0.25) is 9.59 Å². The van der Waals surface area contributed by atoms with Crippen LogP contribution in [0.1, 0.15) is 13.3 Å². The average Bonchev–Trinajstić information content (AvgIpc) is 2.90. The fraction of sp³-hybridized carbons (Fsp3) is 0.583. The molecule has 1 fully saturated rings. The Kier molecular flexibility index (Phi) is 3.64. The van der Waals surface area contributed by atoms with Crippen molar-refractivity contribution in [3.05, 3.63) is 18.7 Å². The molecule has 2 atom stereocenters. The Balaban J connectivity index is 1.82. The van der Waals surface area contributed by atoms with E-state index in [9.17, 15) is 9.59 Å². The maximum Gasteiger partial charge on any atom is 0.225 e. The lowest BCUT2D eigenvalue weighted by Crippen LogP contribution is -2.40. The van der Waals surface area contributed by atoms with Gasteiger partial charge in [-0.05, 0) is 6.92 Å². The molecule has 1 N–H and O–H groups in total. The molecule has 18 heavy (non-hydrogen) atoms. The first-order valence-electron chi connectivity index (χ1n) is 6.06. The van der Waals surface area contributed by atoms with Crippen molar-refractivity contribution in [2.75, 3.05) is 13.6 Å². The largest absolute Gasteiger partial charge is 0.352 e. The van der Waals surface area contributed by atoms with Gasteiger partial charge >= 0.3 is 0 Å². The van der Waals surface area contributed by atoms with Gasteiger partial charge in [-0.1, -0.05) is 0 Å². The highest BCUT2D eigenvalue weighted by Gasteiger charge is 2.32. The highest BCUT2D eigenvalue weighted by molar-refractivity contribution is 5.89. The lowest BCUT2D eigenvalue weighted by Gasteiger charge is -2.17. The number of carbonyl (C=O) groups excluding carboxylic acids is 2. The maximum atomic E-state index is 12.0. The third kappa shape index (κ3) is 2.88. The molecule has 6 nitrogen and oxygen atoms in total.